The van der Waals surface area contributed by atoms with E-state index in [2.05, 4.69) is 36.2 Å². The van der Waals surface area contributed by atoms with E-state index in [1.54, 1.807) is 6.08 Å². The van der Waals surface area contributed by atoms with Crippen molar-refractivity contribution in [2.75, 3.05) is 5.32 Å². The Labute approximate surface area is 237 Å². The zero-order valence-corrected chi connectivity index (χ0v) is 23.5. The molecule has 0 aromatic heterocycles. The second-order valence-corrected chi connectivity index (χ2v) is 8.94. The summed E-state index contributed by atoms with van der Waals surface area (Å²) >= 11 is 0. The van der Waals surface area contributed by atoms with Crippen molar-refractivity contribution in [3.8, 4) is 16.9 Å². The van der Waals surface area contributed by atoms with Crippen LogP contribution in [-0.2, 0) is 20.8 Å². The van der Waals surface area contributed by atoms with Crippen molar-refractivity contribution in [1.82, 2.24) is 0 Å². The molecule has 5 rings (SSSR count). The van der Waals surface area contributed by atoms with Crippen LogP contribution in [-0.4, -0.2) is 23.5 Å². The van der Waals surface area contributed by atoms with Crippen molar-refractivity contribution >= 4 is 24.0 Å². The summed E-state index contributed by atoms with van der Waals surface area (Å²) in [5.74, 6) is 0.597. The number of hydrogen-bond donors (Lipinski definition) is 2. The van der Waals surface area contributed by atoms with E-state index in [1.165, 1.54) is 5.56 Å². The lowest BCUT2D eigenvalue weighted by Gasteiger charge is -2.35. The lowest BCUT2D eigenvalue weighted by molar-refractivity contribution is -0.142. The van der Waals surface area contributed by atoms with Gasteiger partial charge in [0.05, 0.1) is 5.92 Å². The molecule has 6 heteroatoms. The maximum Gasteiger partial charge on any atom is 0.314 e. The maximum absolute atomic E-state index is 12.8. The fourth-order valence-corrected chi connectivity index (χ4v) is 4.50. The SMILES string of the molecule is C=C/C=C\C.CC.O=C1CCc2ccc(-c3cccc(OC(=O)[C@@H]4CC[C@@H]4c4ccccc4)c3)cc2N1.O=CO. The lowest BCUT2D eigenvalue weighted by atomic mass is 9.70. The zero-order chi connectivity index (χ0) is 29.3. The number of carbonyl (C=O) groups is 3. The molecule has 210 valence electrons. The van der Waals surface area contributed by atoms with Crippen LogP contribution < -0.4 is 10.1 Å². The number of amides is 1. The van der Waals surface area contributed by atoms with Gasteiger partial charge in [0.15, 0.2) is 0 Å². The minimum Gasteiger partial charge on any atom is -0.483 e. The Morgan fingerprint density at radius 3 is 2.27 bits per heavy atom. The minimum absolute atomic E-state index is 0.0517. The van der Waals surface area contributed by atoms with Crippen LogP contribution in [0.1, 0.15) is 57.1 Å². The number of benzene rings is 3. The molecule has 1 fully saturated rings. The fourth-order valence-electron chi connectivity index (χ4n) is 4.50. The molecule has 3 aromatic carbocycles. The van der Waals surface area contributed by atoms with Gasteiger partial charge in [-0.1, -0.05) is 93.3 Å². The van der Waals surface area contributed by atoms with Gasteiger partial charge in [0.25, 0.3) is 6.47 Å². The number of aryl methyl sites for hydroxylation is 1. The number of rotatable bonds is 5. The number of nitrogens with one attached hydrogen (secondary N) is 1. The standard InChI is InChI=1S/C26H23NO3.C5H8.C2H6.CH2O2/c28-25-14-11-18-9-10-20(16-24(18)27-25)19-7-4-8-21(15-19)30-26(29)23-13-12-22(23)17-5-2-1-3-6-17;1-3-5-4-2;1-2;2-1-3/h1-10,15-16,22-23H,11-14H2,(H,27,28);3-5H,1H2,2H3;1-2H3;1H,(H,2,3)/b;5-4-;;/t22-,23-;;;/m1.../s1. The van der Waals surface area contributed by atoms with E-state index in [-0.39, 0.29) is 30.2 Å². The van der Waals surface area contributed by atoms with E-state index in [1.807, 2.05) is 81.5 Å². The van der Waals surface area contributed by atoms with Gasteiger partial charge in [-0.3, -0.25) is 14.4 Å². The molecule has 0 bridgehead atoms. The van der Waals surface area contributed by atoms with Gasteiger partial charge in [0.1, 0.15) is 5.75 Å². The molecule has 1 heterocycles. The molecular weight excluding hydrogens is 502 g/mol. The predicted molar refractivity (Wildman–Crippen MR) is 161 cm³/mol. The molecule has 0 unspecified atom stereocenters. The Balaban J connectivity index is 0.000000491. The van der Waals surface area contributed by atoms with Crippen LogP contribution in [0, 0.1) is 5.92 Å². The molecule has 0 spiro atoms. The van der Waals surface area contributed by atoms with E-state index in [0.717, 1.165) is 41.6 Å². The number of allylic oxidation sites excluding steroid dienone is 3. The summed E-state index contributed by atoms with van der Waals surface area (Å²) in [6.45, 7) is 9.17. The van der Waals surface area contributed by atoms with Crippen molar-refractivity contribution < 1.29 is 24.2 Å². The van der Waals surface area contributed by atoms with Gasteiger partial charge in [-0.2, -0.15) is 0 Å². The van der Waals surface area contributed by atoms with Gasteiger partial charge in [-0.05, 0) is 72.6 Å². The minimum atomic E-state index is -0.250. The van der Waals surface area contributed by atoms with Crippen molar-refractivity contribution in [2.45, 2.75) is 52.4 Å². The van der Waals surface area contributed by atoms with Crippen LogP contribution in [0.3, 0.4) is 0 Å². The Hall–Kier alpha value is -4.45. The largest absolute Gasteiger partial charge is 0.483 e. The van der Waals surface area contributed by atoms with Gasteiger partial charge in [-0.25, -0.2) is 0 Å². The van der Waals surface area contributed by atoms with Crippen LogP contribution in [0.25, 0.3) is 11.1 Å². The van der Waals surface area contributed by atoms with Crippen LogP contribution in [0.15, 0.2) is 97.6 Å². The second-order valence-electron chi connectivity index (χ2n) is 8.94. The molecule has 0 saturated heterocycles. The van der Waals surface area contributed by atoms with Gasteiger partial charge < -0.3 is 15.2 Å². The number of carboxylic acid groups (broad SMARTS) is 1. The summed E-state index contributed by atoms with van der Waals surface area (Å²) in [7, 11) is 0. The Morgan fingerprint density at radius 1 is 0.975 bits per heavy atom. The highest BCUT2D eigenvalue weighted by Crippen LogP contribution is 2.43. The second kappa shape index (κ2) is 17.2. The van der Waals surface area contributed by atoms with E-state index >= 15 is 0 Å². The first-order valence-electron chi connectivity index (χ1n) is 13.6. The quantitative estimate of drug-likeness (QED) is 0.149. The van der Waals surface area contributed by atoms with Crippen molar-refractivity contribution in [3.63, 3.8) is 0 Å². The van der Waals surface area contributed by atoms with Gasteiger partial charge >= 0.3 is 5.97 Å². The molecule has 3 aromatic rings. The van der Waals surface area contributed by atoms with Crippen LogP contribution in [0.2, 0.25) is 0 Å². The molecule has 1 amide bonds. The van der Waals surface area contributed by atoms with E-state index in [0.29, 0.717) is 12.2 Å². The number of anilines is 1. The smallest absolute Gasteiger partial charge is 0.314 e. The third kappa shape index (κ3) is 9.09. The van der Waals surface area contributed by atoms with Gasteiger partial charge in [-0.15, -0.1) is 0 Å². The first kappa shape index (κ1) is 31.8. The number of hydrogen-bond acceptors (Lipinski definition) is 4. The van der Waals surface area contributed by atoms with Crippen LogP contribution >= 0.6 is 0 Å². The number of ether oxygens (including phenoxy) is 1. The highest BCUT2D eigenvalue weighted by Gasteiger charge is 2.38. The molecule has 40 heavy (non-hydrogen) atoms. The monoisotopic (exact) mass is 541 g/mol. The summed E-state index contributed by atoms with van der Waals surface area (Å²) in [5, 5.41) is 9.83. The van der Waals surface area contributed by atoms with Crippen LogP contribution in [0.5, 0.6) is 5.75 Å². The van der Waals surface area contributed by atoms with Crippen molar-refractivity contribution in [3.05, 3.63) is 109 Å². The van der Waals surface area contributed by atoms with Gasteiger partial charge in [0.2, 0.25) is 5.91 Å². The Bertz CT molecular complexity index is 1280. The molecule has 2 N–H and O–H groups in total. The average Bonchev–Trinajstić information content (AvgIpc) is 2.95. The highest BCUT2D eigenvalue weighted by atomic mass is 16.5. The average molecular weight is 542 g/mol. The number of fused-ring (bicyclic) bond motifs is 1. The van der Waals surface area contributed by atoms with Crippen molar-refractivity contribution in [1.29, 1.82) is 0 Å². The molecule has 1 aliphatic heterocycles. The molecule has 2 aliphatic rings. The molecule has 0 radical (unpaired) electrons. The normalized spacial score (nSPS) is 16.5. The van der Waals surface area contributed by atoms with E-state index in [4.69, 9.17) is 14.6 Å². The molecular formula is C34H39NO5. The van der Waals surface area contributed by atoms with Gasteiger partial charge in [0, 0.05) is 12.1 Å². The van der Waals surface area contributed by atoms with Crippen molar-refractivity contribution in [2.24, 2.45) is 5.92 Å². The molecule has 6 nitrogen and oxygen atoms in total. The van der Waals surface area contributed by atoms with Crippen LogP contribution in [0.4, 0.5) is 5.69 Å². The predicted octanol–water partition coefficient (Wildman–Crippen LogP) is 7.81. The lowest BCUT2D eigenvalue weighted by Crippen LogP contribution is -2.34. The summed E-state index contributed by atoms with van der Waals surface area (Å²) in [6, 6.07) is 23.9. The topological polar surface area (TPSA) is 92.7 Å². The molecule has 2 atom stereocenters. The molecule has 1 saturated carbocycles. The number of esters is 1. The fraction of sp³-hybridized carbons (Fsp3) is 0.265. The summed E-state index contributed by atoms with van der Waals surface area (Å²) in [4.78, 5) is 32.9. The van der Waals surface area contributed by atoms with E-state index < -0.39 is 0 Å². The molecule has 1 aliphatic carbocycles. The first-order chi connectivity index (χ1) is 19.5. The third-order valence-corrected chi connectivity index (χ3v) is 6.52. The summed E-state index contributed by atoms with van der Waals surface area (Å²) < 4.78 is 5.75. The number of carbonyl (C=O) groups excluding carboxylic acids is 2. The first-order valence-corrected chi connectivity index (χ1v) is 13.6. The Kier molecular flexibility index (Phi) is 13.7. The summed E-state index contributed by atoms with van der Waals surface area (Å²) in [5.41, 5.74) is 5.16. The third-order valence-electron chi connectivity index (χ3n) is 6.52. The van der Waals surface area contributed by atoms with E-state index in [9.17, 15) is 9.59 Å². The zero-order valence-electron chi connectivity index (χ0n) is 23.5. The highest BCUT2D eigenvalue weighted by molar-refractivity contribution is 5.94. The summed E-state index contributed by atoms with van der Waals surface area (Å²) in [6.07, 6.45) is 8.76. The Morgan fingerprint density at radius 2 is 1.68 bits per heavy atom. The maximum atomic E-state index is 12.8.